The molecule has 0 aromatic carbocycles. The molecule has 7 heteroatoms. The van der Waals surface area contributed by atoms with Gasteiger partial charge in [0.2, 0.25) is 0 Å². The highest BCUT2D eigenvalue weighted by molar-refractivity contribution is 5.96. The normalized spacial score (nSPS) is 10.2. The Balaban J connectivity index is 1.83. The maximum atomic E-state index is 11.6. The van der Waals surface area contributed by atoms with E-state index in [1.54, 1.807) is 10.9 Å². The Labute approximate surface area is 91.6 Å². The van der Waals surface area contributed by atoms with Crippen molar-refractivity contribution < 1.29 is 4.79 Å². The molecular formula is C9H12N6O. The van der Waals surface area contributed by atoms with Crippen LogP contribution >= 0.6 is 0 Å². The molecular weight excluding hydrogens is 208 g/mol. The van der Waals surface area contributed by atoms with Crippen molar-refractivity contribution in [2.75, 3.05) is 12.3 Å². The van der Waals surface area contributed by atoms with Crippen LogP contribution in [0.1, 0.15) is 10.5 Å². The predicted octanol–water partition coefficient (Wildman–Crippen LogP) is -0.382. The number of amides is 1. The van der Waals surface area contributed by atoms with E-state index in [0.29, 0.717) is 24.5 Å². The molecule has 0 saturated carbocycles. The highest BCUT2D eigenvalue weighted by Gasteiger charge is 2.10. The van der Waals surface area contributed by atoms with Gasteiger partial charge in [-0.3, -0.25) is 14.6 Å². The number of anilines is 1. The van der Waals surface area contributed by atoms with Gasteiger partial charge in [0.05, 0.1) is 18.4 Å². The van der Waals surface area contributed by atoms with E-state index in [2.05, 4.69) is 20.6 Å². The molecule has 0 unspecified atom stereocenters. The van der Waals surface area contributed by atoms with Crippen LogP contribution in [0.5, 0.6) is 0 Å². The lowest BCUT2D eigenvalue weighted by Gasteiger charge is -2.04. The number of aromatic nitrogens is 4. The van der Waals surface area contributed by atoms with Crippen molar-refractivity contribution in [2.45, 2.75) is 6.54 Å². The number of rotatable bonds is 4. The molecule has 4 N–H and O–H groups in total. The number of aromatic amines is 1. The van der Waals surface area contributed by atoms with Gasteiger partial charge in [-0.15, -0.1) is 0 Å². The van der Waals surface area contributed by atoms with E-state index in [1.165, 1.54) is 6.20 Å². The average Bonchev–Trinajstić information content (AvgIpc) is 2.88. The summed E-state index contributed by atoms with van der Waals surface area (Å²) in [5.74, 6) is -0.262. The Bertz CT molecular complexity index is 460. The number of carbonyl (C=O) groups is 1. The lowest BCUT2D eigenvalue weighted by atomic mass is 10.3. The largest absolute Gasteiger partial charge is 0.396 e. The zero-order valence-corrected chi connectivity index (χ0v) is 8.55. The summed E-state index contributed by atoms with van der Waals surface area (Å²) in [6.45, 7) is 1.10. The number of nitrogens with two attached hydrogens (primary N) is 1. The minimum absolute atomic E-state index is 0.262. The van der Waals surface area contributed by atoms with Gasteiger partial charge in [-0.25, -0.2) is 0 Å². The average molecular weight is 220 g/mol. The van der Waals surface area contributed by atoms with Crippen LogP contribution in [-0.2, 0) is 6.54 Å². The monoisotopic (exact) mass is 220 g/mol. The third-order valence-corrected chi connectivity index (χ3v) is 2.08. The van der Waals surface area contributed by atoms with Crippen LogP contribution in [0.15, 0.2) is 24.7 Å². The van der Waals surface area contributed by atoms with Crippen LogP contribution in [-0.4, -0.2) is 32.4 Å². The first-order valence-electron chi connectivity index (χ1n) is 4.82. The van der Waals surface area contributed by atoms with Crippen LogP contribution in [0.3, 0.4) is 0 Å². The summed E-state index contributed by atoms with van der Waals surface area (Å²) in [7, 11) is 0. The van der Waals surface area contributed by atoms with E-state index in [-0.39, 0.29) is 5.91 Å². The van der Waals surface area contributed by atoms with Gasteiger partial charge in [0.1, 0.15) is 5.69 Å². The highest BCUT2D eigenvalue weighted by Crippen LogP contribution is 2.04. The van der Waals surface area contributed by atoms with E-state index in [1.807, 2.05) is 12.3 Å². The first-order valence-corrected chi connectivity index (χ1v) is 4.82. The fourth-order valence-electron chi connectivity index (χ4n) is 1.28. The van der Waals surface area contributed by atoms with Crippen molar-refractivity contribution in [3.05, 3.63) is 30.4 Å². The molecule has 2 aromatic rings. The molecule has 0 atom stereocenters. The van der Waals surface area contributed by atoms with Crippen molar-refractivity contribution >= 4 is 11.6 Å². The molecule has 0 aliphatic rings. The number of hydrogen-bond donors (Lipinski definition) is 3. The van der Waals surface area contributed by atoms with Crippen LogP contribution in [0.2, 0.25) is 0 Å². The van der Waals surface area contributed by atoms with Crippen LogP contribution in [0.4, 0.5) is 5.69 Å². The zero-order chi connectivity index (χ0) is 11.4. The van der Waals surface area contributed by atoms with Gasteiger partial charge in [-0.1, -0.05) is 0 Å². The molecule has 16 heavy (non-hydrogen) atoms. The number of hydrogen-bond acceptors (Lipinski definition) is 4. The number of H-pyrrole nitrogens is 1. The molecule has 2 aromatic heterocycles. The van der Waals surface area contributed by atoms with E-state index >= 15 is 0 Å². The van der Waals surface area contributed by atoms with Gasteiger partial charge >= 0.3 is 0 Å². The lowest BCUT2D eigenvalue weighted by Crippen LogP contribution is -2.28. The molecule has 0 spiro atoms. The summed E-state index contributed by atoms with van der Waals surface area (Å²) in [6, 6.07) is 1.83. The summed E-state index contributed by atoms with van der Waals surface area (Å²) in [6.07, 6.45) is 4.92. The standard InChI is InChI=1S/C9H12N6O/c10-7-6-12-14-8(7)9(16)11-3-5-15-4-1-2-13-15/h1-2,4,6H,3,5,10H2,(H,11,16)(H,12,14). The van der Waals surface area contributed by atoms with Crippen molar-refractivity contribution in [1.82, 2.24) is 25.3 Å². The maximum absolute atomic E-state index is 11.6. The van der Waals surface area contributed by atoms with Gasteiger partial charge in [-0.2, -0.15) is 10.2 Å². The van der Waals surface area contributed by atoms with Crippen molar-refractivity contribution in [3.8, 4) is 0 Å². The Morgan fingerprint density at radius 3 is 3.12 bits per heavy atom. The van der Waals surface area contributed by atoms with Gasteiger partial charge < -0.3 is 11.1 Å². The van der Waals surface area contributed by atoms with E-state index in [9.17, 15) is 4.79 Å². The van der Waals surface area contributed by atoms with Crippen LogP contribution < -0.4 is 11.1 Å². The summed E-state index contributed by atoms with van der Waals surface area (Å²) in [5.41, 5.74) is 6.17. The zero-order valence-electron chi connectivity index (χ0n) is 8.55. The number of nitrogens with zero attached hydrogens (tertiary/aromatic N) is 3. The highest BCUT2D eigenvalue weighted by atomic mass is 16.1. The molecule has 0 bridgehead atoms. The fourth-order valence-corrected chi connectivity index (χ4v) is 1.28. The summed E-state index contributed by atoms with van der Waals surface area (Å²) < 4.78 is 1.73. The number of nitrogens with one attached hydrogen (secondary N) is 2. The van der Waals surface area contributed by atoms with Gasteiger partial charge in [0.25, 0.3) is 5.91 Å². The van der Waals surface area contributed by atoms with Crippen LogP contribution in [0.25, 0.3) is 0 Å². The van der Waals surface area contributed by atoms with Crippen molar-refractivity contribution in [3.63, 3.8) is 0 Å². The van der Waals surface area contributed by atoms with E-state index < -0.39 is 0 Å². The molecule has 0 aliphatic carbocycles. The van der Waals surface area contributed by atoms with E-state index in [4.69, 9.17) is 5.73 Å². The molecule has 84 valence electrons. The van der Waals surface area contributed by atoms with E-state index in [0.717, 1.165) is 0 Å². The number of nitrogen functional groups attached to an aromatic ring is 1. The molecule has 2 rings (SSSR count). The number of carbonyl (C=O) groups excluding carboxylic acids is 1. The molecule has 0 radical (unpaired) electrons. The fraction of sp³-hybridized carbons (Fsp3) is 0.222. The van der Waals surface area contributed by atoms with Gasteiger partial charge in [-0.05, 0) is 6.07 Å². The Morgan fingerprint density at radius 1 is 1.62 bits per heavy atom. The SMILES string of the molecule is Nc1cn[nH]c1C(=O)NCCn1cccn1. The molecule has 0 aliphatic heterocycles. The van der Waals surface area contributed by atoms with Gasteiger partial charge in [0.15, 0.2) is 0 Å². The molecule has 2 heterocycles. The minimum Gasteiger partial charge on any atom is -0.396 e. The predicted molar refractivity (Wildman–Crippen MR) is 57.6 cm³/mol. The van der Waals surface area contributed by atoms with Crippen LogP contribution in [0, 0.1) is 0 Å². The second kappa shape index (κ2) is 4.47. The quantitative estimate of drug-likeness (QED) is 0.653. The smallest absolute Gasteiger partial charge is 0.271 e. The Morgan fingerprint density at radius 2 is 2.50 bits per heavy atom. The molecule has 0 fully saturated rings. The Hall–Kier alpha value is -2.31. The van der Waals surface area contributed by atoms with Crippen molar-refractivity contribution in [1.29, 1.82) is 0 Å². The minimum atomic E-state index is -0.262. The first-order chi connectivity index (χ1) is 7.77. The third kappa shape index (κ3) is 2.19. The summed E-state index contributed by atoms with van der Waals surface area (Å²) in [5, 5.41) is 12.9. The molecule has 0 saturated heterocycles. The maximum Gasteiger partial charge on any atom is 0.271 e. The topological polar surface area (TPSA) is 102 Å². The van der Waals surface area contributed by atoms with Gasteiger partial charge in [0, 0.05) is 18.9 Å². The second-order valence-corrected chi connectivity index (χ2v) is 3.23. The third-order valence-electron chi connectivity index (χ3n) is 2.08. The molecule has 1 amide bonds. The summed E-state index contributed by atoms with van der Waals surface area (Å²) >= 11 is 0. The van der Waals surface area contributed by atoms with Crippen molar-refractivity contribution in [2.24, 2.45) is 0 Å². The molecule has 7 nitrogen and oxygen atoms in total. The first kappa shape index (κ1) is 10.2. The Kier molecular flexibility index (Phi) is 2.86. The summed E-state index contributed by atoms with van der Waals surface area (Å²) in [4.78, 5) is 11.6. The second-order valence-electron chi connectivity index (χ2n) is 3.23. The lowest BCUT2D eigenvalue weighted by molar-refractivity contribution is 0.0948.